The zero-order valence-corrected chi connectivity index (χ0v) is 13.0. The lowest BCUT2D eigenvalue weighted by molar-refractivity contribution is -0.154. The molecule has 3 nitrogen and oxygen atoms in total. The van der Waals surface area contributed by atoms with Gasteiger partial charge in [-0.3, -0.25) is 4.79 Å². The molecule has 0 saturated heterocycles. The van der Waals surface area contributed by atoms with Gasteiger partial charge in [0.1, 0.15) is 6.10 Å². The first-order chi connectivity index (χ1) is 9.39. The number of aliphatic hydroxyl groups is 1. The van der Waals surface area contributed by atoms with Crippen molar-refractivity contribution in [3.05, 3.63) is 12.2 Å². The summed E-state index contributed by atoms with van der Waals surface area (Å²) in [6.07, 6.45) is 5.22. The van der Waals surface area contributed by atoms with Gasteiger partial charge in [-0.1, -0.05) is 19.1 Å². The second kappa shape index (κ2) is 5.88. The molecular formula is C17H28O3. The summed E-state index contributed by atoms with van der Waals surface area (Å²) in [4.78, 5) is 11.2. The van der Waals surface area contributed by atoms with E-state index in [2.05, 4.69) is 20.4 Å². The van der Waals surface area contributed by atoms with Crippen LogP contribution in [0.4, 0.5) is 0 Å². The number of rotatable bonds is 3. The van der Waals surface area contributed by atoms with Crippen LogP contribution in [-0.4, -0.2) is 23.8 Å². The number of carbonyl (C=O) groups excluding carboxylic acids is 1. The minimum atomic E-state index is -0.207. The molecule has 0 bridgehead atoms. The molecule has 2 aliphatic rings. The minimum absolute atomic E-state index is 0.0193. The second-order valence-corrected chi connectivity index (χ2v) is 7.00. The Morgan fingerprint density at radius 2 is 2.10 bits per heavy atom. The number of hydrogen-bond donors (Lipinski definition) is 1. The Balaban J connectivity index is 2.14. The monoisotopic (exact) mass is 280 g/mol. The Labute approximate surface area is 122 Å². The maximum atomic E-state index is 11.2. The molecule has 0 heterocycles. The van der Waals surface area contributed by atoms with E-state index in [4.69, 9.17) is 4.74 Å². The van der Waals surface area contributed by atoms with Crippen LogP contribution in [0.2, 0.25) is 0 Å². The van der Waals surface area contributed by atoms with E-state index in [1.807, 2.05) is 0 Å². The van der Waals surface area contributed by atoms with Crippen LogP contribution in [0.25, 0.3) is 0 Å². The van der Waals surface area contributed by atoms with E-state index in [9.17, 15) is 9.90 Å². The highest BCUT2D eigenvalue weighted by molar-refractivity contribution is 5.66. The van der Waals surface area contributed by atoms with Crippen molar-refractivity contribution in [3.63, 3.8) is 0 Å². The molecule has 0 aliphatic heterocycles. The molecule has 1 spiro atoms. The average Bonchev–Trinajstić information content (AvgIpc) is 2.79. The molecule has 0 amide bonds. The van der Waals surface area contributed by atoms with Crippen molar-refractivity contribution in [3.8, 4) is 0 Å². The summed E-state index contributed by atoms with van der Waals surface area (Å²) in [6, 6.07) is 0. The van der Waals surface area contributed by atoms with Gasteiger partial charge in [-0.05, 0) is 62.2 Å². The Morgan fingerprint density at radius 3 is 2.60 bits per heavy atom. The molecule has 0 unspecified atom stereocenters. The fourth-order valence-electron chi connectivity index (χ4n) is 4.61. The van der Waals surface area contributed by atoms with Crippen molar-refractivity contribution in [2.45, 2.75) is 59.0 Å². The smallest absolute Gasteiger partial charge is 0.302 e. The van der Waals surface area contributed by atoms with Gasteiger partial charge in [0.05, 0.1) is 0 Å². The van der Waals surface area contributed by atoms with Crippen molar-refractivity contribution in [2.75, 3.05) is 6.61 Å². The van der Waals surface area contributed by atoms with Gasteiger partial charge in [0, 0.05) is 13.5 Å². The van der Waals surface area contributed by atoms with Crippen LogP contribution >= 0.6 is 0 Å². The molecule has 114 valence electrons. The topological polar surface area (TPSA) is 46.5 Å². The summed E-state index contributed by atoms with van der Waals surface area (Å²) in [7, 11) is 0. The van der Waals surface area contributed by atoms with Gasteiger partial charge in [0.25, 0.3) is 0 Å². The Kier molecular flexibility index (Phi) is 4.58. The lowest BCUT2D eigenvalue weighted by Crippen LogP contribution is -2.45. The summed E-state index contributed by atoms with van der Waals surface area (Å²) in [5.74, 6) is 1.12. The second-order valence-electron chi connectivity index (χ2n) is 7.00. The molecule has 0 aromatic rings. The fraction of sp³-hybridized carbons (Fsp3) is 0.824. The Bertz CT molecular complexity index is 390. The van der Waals surface area contributed by atoms with Gasteiger partial charge in [-0.25, -0.2) is 0 Å². The van der Waals surface area contributed by atoms with Crippen molar-refractivity contribution < 1.29 is 14.6 Å². The largest absolute Gasteiger partial charge is 0.463 e. The van der Waals surface area contributed by atoms with Crippen molar-refractivity contribution in [2.24, 2.45) is 23.2 Å². The molecule has 0 aromatic carbocycles. The van der Waals surface area contributed by atoms with Crippen LogP contribution in [0.15, 0.2) is 12.2 Å². The molecule has 20 heavy (non-hydrogen) atoms. The molecule has 0 aromatic heterocycles. The summed E-state index contributed by atoms with van der Waals surface area (Å²) in [5, 5.41) is 9.85. The van der Waals surface area contributed by atoms with Gasteiger partial charge in [0.2, 0.25) is 0 Å². The third-order valence-corrected chi connectivity index (χ3v) is 5.79. The zero-order valence-electron chi connectivity index (χ0n) is 13.0. The van der Waals surface area contributed by atoms with E-state index in [1.165, 1.54) is 25.3 Å². The van der Waals surface area contributed by atoms with Gasteiger partial charge >= 0.3 is 5.97 Å². The predicted octanol–water partition coefficient (Wildman–Crippen LogP) is 3.32. The highest BCUT2D eigenvalue weighted by Crippen LogP contribution is 2.58. The first kappa shape index (κ1) is 15.6. The molecule has 1 N–H and O–H groups in total. The number of esters is 1. The molecule has 2 rings (SSSR count). The number of hydrogen-bond acceptors (Lipinski definition) is 3. The summed E-state index contributed by atoms with van der Waals surface area (Å²) < 4.78 is 5.40. The first-order valence-electron chi connectivity index (χ1n) is 7.82. The lowest BCUT2D eigenvalue weighted by Gasteiger charge is -2.48. The maximum Gasteiger partial charge on any atom is 0.302 e. The molecule has 0 radical (unpaired) electrons. The Hall–Kier alpha value is -0.830. The molecule has 2 saturated carbocycles. The molecule has 3 heteroatoms. The van der Waals surface area contributed by atoms with Gasteiger partial charge in [-0.15, -0.1) is 0 Å². The number of allylic oxidation sites excluding steroid dienone is 1. The third kappa shape index (κ3) is 2.78. The van der Waals surface area contributed by atoms with Crippen molar-refractivity contribution in [1.29, 1.82) is 0 Å². The quantitative estimate of drug-likeness (QED) is 0.637. The summed E-state index contributed by atoms with van der Waals surface area (Å²) in [5.41, 5.74) is 1.49. The van der Waals surface area contributed by atoms with Crippen LogP contribution in [0.3, 0.4) is 0 Å². The highest BCUT2D eigenvalue weighted by atomic mass is 16.5. The van der Waals surface area contributed by atoms with E-state index in [-0.39, 0.29) is 30.0 Å². The number of carbonyl (C=O) groups is 1. The van der Waals surface area contributed by atoms with Gasteiger partial charge < -0.3 is 9.84 Å². The third-order valence-electron chi connectivity index (χ3n) is 5.79. The van der Waals surface area contributed by atoms with Gasteiger partial charge in [0.15, 0.2) is 0 Å². The highest BCUT2D eigenvalue weighted by Gasteiger charge is 2.52. The Morgan fingerprint density at radius 1 is 1.40 bits per heavy atom. The van der Waals surface area contributed by atoms with Gasteiger partial charge in [-0.2, -0.15) is 0 Å². The molecule has 2 fully saturated rings. The fourth-order valence-corrected chi connectivity index (χ4v) is 4.61. The molecule has 2 aliphatic carbocycles. The minimum Gasteiger partial charge on any atom is -0.463 e. The van der Waals surface area contributed by atoms with E-state index < -0.39 is 0 Å². The van der Waals surface area contributed by atoms with E-state index in [0.29, 0.717) is 11.8 Å². The van der Waals surface area contributed by atoms with E-state index >= 15 is 0 Å². The average molecular weight is 280 g/mol. The van der Waals surface area contributed by atoms with Crippen LogP contribution < -0.4 is 0 Å². The van der Waals surface area contributed by atoms with Crippen molar-refractivity contribution in [1.82, 2.24) is 0 Å². The van der Waals surface area contributed by atoms with Crippen LogP contribution in [-0.2, 0) is 9.53 Å². The summed E-state index contributed by atoms with van der Waals surface area (Å²) in [6.45, 7) is 10.2. The standard InChI is InChI=1S/C17H28O3/c1-11(2)14-5-6-17(9-14)12(3)7-16(20-13(4)19)8-15(17)10-18/h12,14-16,18H,1,5-10H2,2-4H3/t12-,14-,15+,16+,17+/m0/s1. The first-order valence-corrected chi connectivity index (χ1v) is 7.82. The maximum absolute atomic E-state index is 11.2. The van der Waals surface area contributed by atoms with E-state index in [1.54, 1.807) is 0 Å². The van der Waals surface area contributed by atoms with Crippen LogP contribution in [0.1, 0.15) is 52.9 Å². The van der Waals surface area contributed by atoms with Crippen molar-refractivity contribution >= 4 is 5.97 Å². The molecule has 5 atom stereocenters. The SMILES string of the molecule is C=C(C)[C@H]1CC[C@]2(C1)[C@@H](CO)C[C@H](OC(C)=O)C[C@@H]2C. The molecular weight excluding hydrogens is 252 g/mol. The van der Waals surface area contributed by atoms with Crippen LogP contribution in [0, 0.1) is 23.2 Å². The van der Waals surface area contributed by atoms with E-state index in [0.717, 1.165) is 19.3 Å². The predicted molar refractivity (Wildman–Crippen MR) is 79.1 cm³/mol. The lowest BCUT2D eigenvalue weighted by atomic mass is 9.58. The van der Waals surface area contributed by atoms with Crippen LogP contribution in [0.5, 0.6) is 0 Å². The zero-order chi connectivity index (χ0) is 14.9. The summed E-state index contributed by atoms with van der Waals surface area (Å²) >= 11 is 0. The number of aliphatic hydroxyl groups excluding tert-OH is 1. The normalized spacial score (nSPS) is 40.8. The number of ether oxygens (including phenoxy) is 1.